The highest BCUT2D eigenvalue weighted by atomic mass is 19.4. The standard InChI is InChI=1S/C18H16F3N3O/c1-11(2)22-17(25)13-5-8-16-23-15(10-24(16)9-13)12-3-6-14(7-4-12)18(19,20)21/h3-11H,1-2H3,(H,22,25). The quantitative estimate of drug-likeness (QED) is 0.773. The number of hydrogen-bond donors (Lipinski definition) is 1. The fourth-order valence-corrected chi connectivity index (χ4v) is 2.44. The highest BCUT2D eigenvalue weighted by Crippen LogP contribution is 2.30. The topological polar surface area (TPSA) is 46.4 Å². The molecule has 3 rings (SSSR count). The molecule has 3 aromatic rings. The average Bonchev–Trinajstić information content (AvgIpc) is 2.96. The van der Waals surface area contributed by atoms with Crippen molar-refractivity contribution in [1.82, 2.24) is 14.7 Å². The van der Waals surface area contributed by atoms with E-state index in [0.29, 0.717) is 22.5 Å². The number of rotatable bonds is 3. The molecule has 0 unspecified atom stereocenters. The van der Waals surface area contributed by atoms with Gasteiger partial charge >= 0.3 is 6.18 Å². The van der Waals surface area contributed by atoms with Crippen molar-refractivity contribution < 1.29 is 18.0 Å². The zero-order chi connectivity index (χ0) is 18.2. The number of benzene rings is 1. The molecule has 2 aromatic heterocycles. The van der Waals surface area contributed by atoms with Crippen LogP contribution in [0.5, 0.6) is 0 Å². The third kappa shape index (κ3) is 3.65. The molecule has 0 aliphatic rings. The predicted molar refractivity (Wildman–Crippen MR) is 88.2 cm³/mol. The third-order valence-corrected chi connectivity index (χ3v) is 3.64. The van der Waals surface area contributed by atoms with Crippen LogP contribution in [0, 0.1) is 0 Å². The molecule has 1 N–H and O–H groups in total. The summed E-state index contributed by atoms with van der Waals surface area (Å²) in [5.74, 6) is -0.193. The van der Waals surface area contributed by atoms with Crippen LogP contribution in [0.2, 0.25) is 0 Å². The minimum atomic E-state index is -4.36. The molecule has 0 aliphatic heterocycles. The molecule has 1 amide bonds. The van der Waals surface area contributed by atoms with Gasteiger partial charge in [-0.1, -0.05) is 12.1 Å². The van der Waals surface area contributed by atoms with E-state index in [0.717, 1.165) is 12.1 Å². The van der Waals surface area contributed by atoms with E-state index in [-0.39, 0.29) is 11.9 Å². The summed E-state index contributed by atoms with van der Waals surface area (Å²) in [5.41, 5.74) is 1.50. The van der Waals surface area contributed by atoms with Gasteiger partial charge < -0.3 is 9.72 Å². The predicted octanol–water partition coefficient (Wildman–Crippen LogP) is 4.16. The van der Waals surface area contributed by atoms with Crippen LogP contribution < -0.4 is 5.32 Å². The van der Waals surface area contributed by atoms with Crippen LogP contribution in [-0.4, -0.2) is 21.3 Å². The first-order chi connectivity index (χ1) is 11.7. The summed E-state index contributed by atoms with van der Waals surface area (Å²) in [5, 5.41) is 2.80. The summed E-state index contributed by atoms with van der Waals surface area (Å²) in [6.07, 6.45) is -1.03. The molecule has 1 aromatic carbocycles. The van der Waals surface area contributed by atoms with Crippen LogP contribution in [0.3, 0.4) is 0 Å². The number of pyridine rings is 1. The van der Waals surface area contributed by atoms with E-state index in [1.165, 1.54) is 12.1 Å². The molecule has 0 atom stereocenters. The minimum absolute atomic E-state index is 0.0219. The molecule has 0 spiro atoms. The van der Waals surface area contributed by atoms with Gasteiger partial charge in [0.15, 0.2) is 0 Å². The summed E-state index contributed by atoms with van der Waals surface area (Å²) >= 11 is 0. The normalized spacial score (nSPS) is 11.9. The van der Waals surface area contributed by atoms with Gasteiger partial charge in [-0.05, 0) is 38.1 Å². The van der Waals surface area contributed by atoms with Crippen molar-refractivity contribution in [1.29, 1.82) is 0 Å². The number of carbonyl (C=O) groups is 1. The lowest BCUT2D eigenvalue weighted by Gasteiger charge is -2.08. The van der Waals surface area contributed by atoms with E-state index in [9.17, 15) is 18.0 Å². The lowest BCUT2D eigenvalue weighted by atomic mass is 10.1. The maximum absolute atomic E-state index is 12.6. The smallest absolute Gasteiger partial charge is 0.350 e. The molecule has 130 valence electrons. The van der Waals surface area contributed by atoms with Crippen LogP contribution in [-0.2, 0) is 6.18 Å². The maximum Gasteiger partial charge on any atom is 0.416 e. The van der Waals surface area contributed by atoms with E-state index >= 15 is 0 Å². The summed E-state index contributed by atoms with van der Waals surface area (Å²) in [4.78, 5) is 16.4. The molecule has 25 heavy (non-hydrogen) atoms. The molecule has 4 nitrogen and oxygen atoms in total. The van der Waals surface area contributed by atoms with Crippen molar-refractivity contribution >= 4 is 11.6 Å². The molecule has 0 bridgehead atoms. The number of halogens is 3. The Morgan fingerprint density at radius 1 is 1.08 bits per heavy atom. The van der Waals surface area contributed by atoms with Gasteiger partial charge in [0.25, 0.3) is 5.91 Å². The van der Waals surface area contributed by atoms with Crippen molar-refractivity contribution in [3.63, 3.8) is 0 Å². The SMILES string of the molecule is CC(C)NC(=O)c1ccc2nc(-c3ccc(C(F)(F)F)cc3)cn2c1. The van der Waals surface area contributed by atoms with Crippen molar-refractivity contribution in [3.8, 4) is 11.3 Å². The highest BCUT2D eigenvalue weighted by molar-refractivity contribution is 5.94. The Kier molecular flexibility index (Phi) is 4.24. The van der Waals surface area contributed by atoms with E-state index in [2.05, 4.69) is 10.3 Å². The molecule has 7 heteroatoms. The molecule has 0 saturated carbocycles. The van der Waals surface area contributed by atoms with Crippen molar-refractivity contribution in [2.45, 2.75) is 26.1 Å². The Labute approximate surface area is 142 Å². The van der Waals surface area contributed by atoms with Gasteiger partial charge in [-0.3, -0.25) is 4.79 Å². The molecular formula is C18H16F3N3O. The van der Waals surface area contributed by atoms with Gasteiger partial charge in [0.05, 0.1) is 16.8 Å². The Balaban J connectivity index is 1.92. The van der Waals surface area contributed by atoms with Gasteiger partial charge in [-0.2, -0.15) is 13.2 Å². The van der Waals surface area contributed by atoms with E-state index in [4.69, 9.17) is 0 Å². The first-order valence-corrected chi connectivity index (χ1v) is 7.71. The first kappa shape index (κ1) is 17.0. The largest absolute Gasteiger partial charge is 0.416 e. The summed E-state index contributed by atoms with van der Waals surface area (Å²) in [6.45, 7) is 3.74. The Hall–Kier alpha value is -2.83. The van der Waals surface area contributed by atoms with Crippen LogP contribution in [0.4, 0.5) is 13.2 Å². The third-order valence-electron chi connectivity index (χ3n) is 3.64. The Morgan fingerprint density at radius 2 is 1.76 bits per heavy atom. The van der Waals surface area contributed by atoms with Crippen molar-refractivity contribution in [3.05, 3.63) is 59.9 Å². The average molecular weight is 347 g/mol. The fourth-order valence-electron chi connectivity index (χ4n) is 2.44. The van der Waals surface area contributed by atoms with Crippen LogP contribution in [0.15, 0.2) is 48.8 Å². The number of amides is 1. The first-order valence-electron chi connectivity index (χ1n) is 7.71. The number of hydrogen-bond acceptors (Lipinski definition) is 2. The number of alkyl halides is 3. The minimum Gasteiger partial charge on any atom is -0.350 e. The van der Waals surface area contributed by atoms with E-state index in [1.807, 2.05) is 13.8 Å². The zero-order valence-electron chi connectivity index (χ0n) is 13.6. The number of nitrogens with zero attached hydrogens (tertiary/aromatic N) is 2. The summed E-state index contributed by atoms with van der Waals surface area (Å²) in [7, 11) is 0. The van der Waals surface area contributed by atoms with E-state index < -0.39 is 11.7 Å². The van der Waals surface area contributed by atoms with Gasteiger partial charge in [0, 0.05) is 24.0 Å². The molecule has 0 aliphatic carbocycles. The molecule has 0 saturated heterocycles. The van der Waals surface area contributed by atoms with Crippen LogP contribution in [0.1, 0.15) is 29.8 Å². The van der Waals surface area contributed by atoms with Gasteiger partial charge in [0.1, 0.15) is 5.65 Å². The van der Waals surface area contributed by atoms with E-state index in [1.54, 1.807) is 28.9 Å². The van der Waals surface area contributed by atoms with Crippen molar-refractivity contribution in [2.24, 2.45) is 0 Å². The van der Waals surface area contributed by atoms with Crippen LogP contribution in [0.25, 0.3) is 16.9 Å². The molecule has 2 heterocycles. The fraction of sp³-hybridized carbons (Fsp3) is 0.222. The van der Waals surface area contributed by atoms with Gasteiger partial charge in [-0.15, -0.1) is 0 Å². The second-order valence-corrected chi connectivity index (χ2v) is 6.01. The lowest BCUT2D eigenvalue weighted by Crippen LogP contribution is -2.30. The Morgan fingerprint density at radius 3 is 2.36 bits per heavy atom. The van der Waals surface area contributed by atoms with Gasteiger partial charge in [0.2, 0.25) is 0 Å². The monoisotopic (exact) mass is 347 g/mol. The highest BCUT2D eigenvalue weighted by Gasteiger charge is 2.30. The number of imidazole rings is 1. The number of aromatic nitrogens is 2. The number of carbonyl (C=O) groups excluding carboxylic acids is 1. The lowest BCUT2D eigenvalue weighted by molar-refractivity contribution is -0.137. The summed E-state index contributed by atoms with van der Waals surface area (Å²) in [6, 6.07) is 8.21. The molecule has 0 fully saturated rings. The molecule has 0 radical (unpaired) electrons. The number of fused-ring (bicyclic) bond motifs is 1. The summed E-state index contributed by atoms with van der Waals surface area (Å²) < 4.78 is 39.6. The number of nitrogens with one attached hydrogen (secondary N) is 1. The zero-order valence-corrected chi connectivity index (χ0v) is 13.6. The second-order valence-electron chi connectivity index (χ2n) is 6.01. The maximum atomic E-state index is 12.6. The second kappa shape index (κ2) is 6.23. The molecular weight excluding hydrogens is 331 g/mol. The Bertz CT molecular complexity index is 911. The van der Waals surface area contributed by atoms with Crippen LogP contribution >= 0.6 is 0 Å². The van der Waals surface area contributed by atoms with Gasteiger partial charge in [-0.25, -0.2) is 4.98 Å². The van der Waals surface area contributed by atoms with Crippen molar-refractivity contribution in [2.75, 3.05) is 0 Å².